The molecular formula is C29H30N2O5. The summed E-state index contributed by atoms with van der Waals surface area (Å²) in [5.74, 6) is -0.0867. The van der Waals surface area contributed by atoms with E-state index in [-0.39, 0.29) is 17.9 Å². The van der Waals surface area contributed by atoms with Crippen LogP contribution in [0.25, 0.3) is 5.76 Å². The highest BCUT2D eigenvalue weighted by Crippen LogP contribution is 2.43. The number of carbonyl (C=O) groups excluding carboxylic acids is 2. The van der Waals surface area contributed by atoms with Crippen molar-refractivity contribution in [3.05, 3.63) is 95.3 Å². The summed E-state index contributed by atoms with van der Waals surface area (Å²) in [6, 6.07) is 16.9. The van der Waals surface area contributed by atoms with Gasteiger partial charge in [0.25, 0.3) is 11.7 Å². The molecule has 0 unspecified atom stereocenters. The normalized spacial score (nSPS) is 17.0. The Morgan fingerprint density at radius 1 is 1.03 bits per heavy atom. The van der Waals surface area contributed by atoms with Crippen LogP contribution in [0.3, 0.4) is 0 Å². The lowest BCUT2D eigenvalue weighted by Gasteiger charge is -2.26. The van der Waals surface area contributed by atoms with Gasteiger partial charge < -0.3 is 19.5 Å². The monoisotopic (exact) mass is 486 g/mol. The number of benzene rings is 2. The molecular weight excluding hydrogens is 456 g/mol. The number of likely N-dealkylation sites (tertiary alicyclic amines) is 1. The van der Waals surface area contributed by atoms with Gasteiger partial charge in [-0.25, -0.2) is 0 Å². The van der Waals surface area contributed by atoms with Gasteiger partial charge in [0.2, 0.25) is 0 Å². The van der Waals surface area contributed by atoms with Crippen LogP contribution in [-0.2, 0) is 16.1 Å². The molecule has 7 heteroatoms. The number of aliphatic hydroxyl groups is 1. The lowest BCUT2D eigenvalue weighted by Crippen LogP contribution is -2.29. The number of ketones is 1. The SMILES string of the molecule is CCOc1ccccc1[C@@H]1C(=C(O)c2ccc(OCC(C)C)cc2)C(=O)C(=O)N1Cc1cccnc1. The van der Waals surface area contributed by atoms with E-state index in [4.69, 9.17) is 9.47 Å². The molecule has 0 radical (unpaired) electrons. The highest BCUT2D eigenvalue weighted by Gasteiger charge is 2.47. The van der Waals surface area contributed by atoms with Crippen LogP contribution in [0, 0.1) is 5.92 Å². The molecule has 1 atom stereocenters. The number of hydrogen-bond acceptors (Lipinski definition) is 6. The van der Waals surface area contributed by atoms with Gasteiger partial charge >= 0.3 is 0 Å². The molecule has 0 spiro atoms. The van der Waals surface area contributed by atoms with Crippen LogP contribution < -0.4 is 9.47 Å². The van der Waals surface area contributed by atoms with Crippen molar-refractivity contribution < 1.29 is 24.2 Å². The zero-order valence-electron chi connectivity index (χ0n) is 20.7. The third-order valence-electron chi connectivity index (χ3n) is 5.84. The van der Waals surface area contributed by atoms with Gasteiger partial charge in [0.15, 0.2) is 0 Å². The molecule has 0 aliphatic carbocycles. The molecule has 3 aromatic rings. The van der Waals surface area contributed by atoms with E-state index in [1.54, 1.807) is 48.8 Å². The molecule has 2 heterocycles. The highest BCUT2D eigenvalue weighted by atomic mass is 16.5. The van der Waals surface area contributed by atoms with E-state index in [2.05, 4.69) is 18.8 Å². The molecule has 1 amide bonds. The summed E-state index contributed by atoms with van der Waals surface area (Å²) in [4.78, 5) is 32.2. The van der Waals surface area contributed by atoms with Gasteiger partial charge in [-0.15, -0.1) is 0 Å². The van der Waals surface area contributed by atoms with Gasteiger partial charge in [-0.2, -0.15) is 0 Å². The minimum absolute atomic E-state index is 0.0203. The van der Waals surface area contributed by atoms with Gasteiger partial charge in [0, 0.05) is 30.1 Å². The zero-order valence-corrected chi connectivity index (χ0v) is 20.7. The first-order chi connectivity index (χ1) is 17.4. The lowest BCUT2D eigenvalue weighted by molar-refractivity contribution is -0.140. The Labute approximate surface area is 211 Å². The molecule has 4 rings (SSSR count). The molecule has 2 aromatic carbocycles. The fraction of sp³-hybridized carbons (Fsp3) is 0.276. The van der Waals surface area contributed by atoms with Crippen LogP contribution in [0.1, 0.15) is 43.5 Å². The van der Waals surface area contributed by atoms with E-state index in [9.17, 15) is 14.7 Å². The Hall–Kier alpha value is -4.13. The summed E-state index contributed by atoms with van der Waals surface area (Å²) >= 11 is 0. The maximum Gasteiger partial charge on any atom is 0.295 e. The molecule has 36 heavy (non-hydrogen) atoms. The van der Waals surface area contributed by atoms with Gasteiger partial charge in [-0.3, -0.25) is 14.6 Å². The fourth-order valence-corrected chi connectivity index (χ4v) is 4.18. The Morgan fingerprint density at radius 2 is 1.78 bits per heavy atom. The Kier molecular flexibility index (Phi) is 7.68. The first-order valence-corrected chi connectivity index (χ1v) is 12.0. The smallest absolute Gasteiger partial charge is 0.295 e. The Morgan fingerprint density at radius 3 is 2.44 bits per heavy atom. The summed E-state index contributed by atoms with van der Waals surface area (Å²) in [7, 11) is 0. The number of rotatable bonds is 9. The molecule has 1 aliphatic heterocycles. The maximum atomic E-state index is 13.3. The second kappa shape index (κ2) is 11.1. The number of nitrogens with zero attached hydrogens (tertiary/aromatic N) is 2. The van der Waals surface area contributed by atoms with Crippen LogP contribution >= 0.6 is 0 Å². The van der Waals surface area contributed by atoms with Crippen molar-refractivity contribution in [2.24, 2.45) is 5.92 Å². The number of amides is 1. The maximum absolute atomic E-state index is 13.3. The number of pyridine rings is 1. The average Bonchev–Trinajstić information content (AvgIpc) is 3.13. The molecule has 1 fully saturated rings. The summed E-state index contributed by atoms with van der Waals surface area (Å²) in [5.41, 5.74) is 1.84. The second-order valence-electron chi connectivity index (χ2n) is 8.99. The summed E-state index contributed by atoms with van der Waals surface area (Å²) in [6.07, 6.45) is 3.30. The van der Waals surface area contributed by atoms with Crippen molar-refractivity contribution >= 4 is 17.4 Å². The molecule has 7 nitrogen and oxygen atoms in total. The van der Waals surface area contributed by atoms with Gasteiger partial charge in [0.05, 0.1) is 24.8 Å². The van der Waals surface area contributed by atoms with Gasteiger partial charge in [0.1, 0.15) is 17.3 Å². The molecule has 186 valence electrons. The largest absolute Gasteiger partial charge is 0.507 e. The number of para-hydroxylation sites is 1. The quantitative estimate of drug-likeness (QED) is 0.256. The van der Waals surface area contributed by atoms with Crippen molar-refractivity contribution in [2.75, 3.05) is 13.2 Å². The molecule has 1 aliphatic rings. The van der Waals surface area contributed by atoms with E-state index in [1.165, 1.54) is 4.90 Å². The Bertz CT molecular complexity index is 1250. The summed E-state index contributed by atoms with van der Waals surface area (Å²) in [6.45, 7) is 7.13. The summed E-state index contributed by atoms with van der Waals surface area (Å²) in [5, 5.41) is 11.3. The number of ether oxygens (including phenoxy) is 2. The van der Waals surface area contributed by atoms with E-state index < -0.39 is 17.7 Å². The minimum atomic E-state index is -0.829. The van der Waals surface area contributed by atoms with Crippen LogP contribution in [0.4, 0.5) is 0 Å². The molecule has 0 saturated carbocycles. The third kappa shape index (κ3) is 5.25. The highest BCUT2D eigenvalue weighted by molar-refractivity contribution is 6.46. The first-order valence-electron chi connectivity index (χ1n) is 12.0. The second-order valence-corrected chi connectivity index (χ2v) is 8.99. The van der Waals surface area contributed by atoms with E-state index >= 15 is 0 Å². The van der Waals surface area contributed by atoms with Crippen LogP contribution in [0.5, 0.6) is 11.5 Å². The van der Waals surface area contributed by atoms with Crippen molar-refractivity contribution in [1.29, 1.82) is 0 Å². The van der Waals surface area contributed by atoms with Gasteiger partial charge in [-0.05, 0) is 54.8 Å². The minimum Gasteiger partial charge on any atom is -0.507 e. The number of aromatic nitrogens is 1. The third-order valence-corrected chi connectivity index (χ3v) is 5.84. The zero-order chi connectivity index (χ0) is 25.7. The van der Waals surface area contributed by atoms with E-state index in [0.29, 0.717) is 41.8 Å². The van der Waals surface area contributed by atoms with Crippen molar-refractivity contribution in [2.45, 2.75) is 33.4 Å². The van der Waals surface area contributed by atoms with Crippen LogP contribution in [0.15, 0.2) is 78.6 Å². The number of hydrogen-bond donors (Lipinski definition) is 1. The van der Waals surface area contributed by atoms with E-state index in [1.807, 2.05) is 31.2 Å². The topological polar surface area (TPSA) is 89.0 Å². The first kappa shape index (κ1) is 25.0. The molecule has 0 bridgehead atoms. The van der Waals surface area contributed by atoms with Crippen LogP contribution in [0.2, 0.25) is 0 Å². The van der Waals surface area contributed by atoms with Crippen LogP contribution in [-0.4, -0.2) is 39.9 Å². The number of carbonyl (C=O) groups is 2. The predicted molar refractivity (Wildman–Crippen MR) is 136 cm³/mol. The lowest BCUT2D eigenvalue weighted by atomic mass is 9.94. The average molecular weight is 487 g/mol. The van der Waals surface area contributed by atoms with Crippen molar-refractivity contribution in [1.82, 2.24) is 9.88 Å². The van der Waals surface area contributed by atoms with Crippen molar-refractivity contribution in [3.8, 4) is 11.5 Å². The predicted octanol–water partition coefficient (Wildman–Crippen LogP) is 5.14. The number of aliphatic hydroxyl groups excluding tert-OH is 1. The molecule has 1 saturated heterocycles. The number of Topliss-reactive ketones (excluding diaryl/α,β-unsaturated/α-hetero) is 1. The molecule has 1 N–H and O–H groups in total. The standard InChI is InChI=1S/C29H30N2O5/c1-4-35-24-10-6-5-9-23(24)26-25(27(32)21-11-13-22(14-12-21)36-18-19(2)3)28(33)29(34)31(26)17-20-8-7-15-30-16-20/h5-16,19,26,32H,4,17-18H2,1-3H3/t26-/m1/s1. The van der Waals surface area contributed by atoms with Crippen molar-refractivity contribution in [3.63, 3.8) is 0 Å². The summed E-state index contributed by atoms with van der Waals surface area (Å²) < 4.78 is 11.6. The molecule has 1 aromatic heterocycles. The van der Waals surface area contributed by atoms with Gasteiger partial charge in [-0.1, -0.05) is 38.1 Å². The van der Waals surface area contributed by atoms with E-state index in [0.717, 1.165) is 5.56 Å². The fourth-order valence-electron chi connectivity index (χ4n) is 4.18. The Balaban J connectivity index is 1.80.